The Balaban J connectivity index is 0.000000708. The number of alkyl halides is 3. The quantitative estimate of drug-likeness (QED) is 0.161. The van der Waals surface area contributed by atoms with Gasteiger partial charge in [-0.3, -0.25) is 4.18 Å². The second-order valence-corrected chi connectivity index (χ2v) is 12.2. The minimum absolute atomic E-state index is 0.221. The SMILES string of the molecule is CCCCN(CCCC)CCC(O)c1cc2c(Cl)cc(Cl)cc2c2cc(C(F)(F)F)ccc12.CCOS(C)(=O)=O. The molecule has 5 nitrogen and oxygen atoms in total. The monoisotopic (exact) mass is 623 g/mol. The largest absolute Gasteiger partial charge is 0.416 e. The van der Waals surface area contributed by atoms with Gasteiger partial charge in [0.1, 0.15) is 0 Å². The molecule has 0 radical (unpaired) electrons. The van der Waals surface area contributed by atoms with E-state index >= 15 is 0 Å². The molecule has 0 fully saturated rings. The molecule has 0 aromatic heterocycles. The van der Waals surface area contributed by atoms with Gasteiger partial charge in [-0.15, -0.1) is 0 Å². The fourth-order valence-corrected chi connectivity index (χ4v) is 5.41. The first-order chi connectivity index (χ1) is 18.7. The van der Waals surface area contributed by atoms with Crippen LogP contribution < -0.4 is 0 Å². The maximum Gasteiger partial charge on any atom is 0.416 e. The van der Waals surface area contributed by atoms with Gasteiger partial charge in [0, 0.05) is 22.0 Å². The lowest BCUT2D eigenvalue weighted by molar-refractivity contribution is -0.137. The van der Waals surface area contributed by atoms with Crippen LogP contribution in [0.1, 0.15) is 70.1 Å². The van der Waals surface area contributed by atoms with E-state index in [4.69, 9.17) is 23.2 Å². The Morgan fingerprint density at radius 3 is 2.00 bits per heavy atom. The topological polar surface area (TPSA) is 66.8 Å². The summed E-state index contributed by atoms with van der Waals surface area (Å²) in [7, 11) is -3.17. The third kappa shape index (κ3) is 10.3. The van der Waals surface area contributed by atoms with Gasteiger partial charge >= 0.3 is 6.18 Å². The summed E-state index contributed by atoms with van der Waals surface area (Å²) in [6.45, 7) is 8.82. The van der Waals surface area contributed by atoms with Crippen LogP contribution in [0.5, 0.6) is 0 Å². The number of benzene rings is 3. The van der Waals surface area contributed by atoms with Crippen molar-refractivity contribution in [2.24, 2.45) is 0 Å². The molecule has 0 aliphatic carbocycles. The van der Waals surface area contributed by atoms with E-state index in [1.807, 2.05) is 0 Å². The molecule has 11 heteroatoms. The first-order valence-electron chi connectivity index (χ1n) is 13.4. The highest BCUT2D eigenvalue weighted by molar-refractivity contribution is 7.85. The zero-order valence-corrected chi connectivity index (χ0v) is 25.7. The van der Waals surface area contributed by atoms with E-state index in [2.05, 4.69) is 22.9 Å². The highest BCUT2D eigenvalue weighted by Crippen LogP contribution is 2.40. The Bertz CT molecular complexity index is 1360. The Morgan fingerprint density at radius 2 is 1.50 bits per heavy atom. The first kappa shape index (κ1) is 34.6. The number of unbranched alkanes of at least 4 members (excludes halogenated alkanes) is 2. The molecule has 1 atom stereocenters. The number of nitrogens with zero attached hydrogens (tertiary/aromatic N) is 1. The number of fused-ring (bicyclic) bond motifs is 3. The summed E-state index contributed by atoms with van der Waals surface area (Å²) in [4.78, 5) is 2.36. The molecular formula is C29H38Cl2F3NO4S. The molecule has 3 aromatic carbocycles. The molecule has 1 N–H and O–H groups in total. The molecule has 0 aliphatic heterocycles. The molecule has 0 heterocycles. The highest BCUT2D eigenvalue weighted by atomic mass is 35.5. The van der Waals surface area contributed by atoms with Crippen LogP contribution in [0.25, 0.3) is 21.5 Å². The van der Waals surface area contributed by atoms with Crippen LogP contribution in [-0.4, -0.2) is 50.9 Å². The number of hydrogen-bond donors (Lipinski definition) is 1. The zero-order valence-electron chi connectivity index (χ0n) is 23.3. The van der Waals surface area contributed by atoms with Gasteiger partial charge in [0.05, 0.1) is 24.5 Å². The predicted molar refractivity (Wildman–Crippen MR) is 159 cm³/mol. The van der Waals surface area contributed by atoms with Crippen molar-refractivity contribution in [2.75, 3.05) is 32.5 Å². The molecule has 3 rings (SSSR count). The second kappa shape index (κ2) is 15.6. The van der Waals surface area contributed by atoms with Gasteiger partial charge in [0.15, 0.2) is 0 Å². The minimum Gasteiger partial charge on any atom is -0.388 e. The average molecular weight is 625 g/mol. The van der Waals surface area contributed by atoms with Gasteiger partial charge in [0.25, 0.3) is 10.1 Å². The van der Waals surface area contributed by atoms with Crippen molar-refractivity contribution in [2.45, 2.75) is 65.2 Å². The highest BCUT2D eigenvalue weighted by Gasteiger charge is 2.31. The number of aliphatic hydroxyl groups is 1. The van der Waals surface area contributed by atoms with Gasteiger partial charge in [-0.1, -0.05) is 56.0 Å². The number of aliphatic hydroxyl groups excluding tert-OH is 1. The van der Waals surface area contributed by atoms with E-state index in [9.17, 15) is 26.7 Å². The predicted octanol–water partition coefficient (Wildman–Crippen LogP) is 8.63. The smallest absolute Gasteiger partial charge is 0.388 e. The summed E-state index contributed by atoms with van der Waals surface area (Å²) < 4.78 is 64.5. The number of halogens is 5. The van der Waals surface area contributed by atoms with Crippen molar-refractivity contribution < 1.29 is 30.9 Å². The molecule has 0 aliphatic rings. The average Bonchev–Trinajstić information content (AvgIpc) is 2.86. The van der Waals surface area contributed by atoms with Crippen molar-refractivity contribution in [1.29, 1.82) is 0 Å². The maximum atomic E-state index is 13.4. The Morgan fingerprint density at radius 1 is 0.900 bits per heavy atom. The van der Waals surface area contributed by atoms with Crippen molar-refractivity contribution in [1.82, 2.24) is 4.90 Å². The first-order valence-corrected chi connectivity index (χ1v) is 16.0. The van der Waals surface area contributed by atoms with Gasteiger partial charge in [-0.2, -0.15) is 21.6 Å². The molecule has 40 heavy (non-hydrogen) atoms. The molecule has 3 aromatic rings. The fourth-order valence-electron chi connectivity index (χ4n) is 4.43. The van der Waals surface area contributed by atoms with E-state index in [1.165, 1.54) is 6.07 Å². The molecule has 224 valence electrons. The molecular weight excluding hydrogens is 586 g/mol. The Kier molecular flexibility index (Phi) is 13.5. The molecule has 0 saturated heterocycles. The fraction of sp³-hybridized carbons (Fsp3) is 0.517. The molecule has 0 spiro atoms. The van der Waals surface area contributed by atoms with E-state index in [0.717, 1.165) is 63.7 Å². The van der Waals surface area contributed by atoms with Gasteiger partial charge < -0.3 is 10.0 Å². The Labute approximate surface area is 245 Å². The van der Waals surface area contributed by atoms with Crippen LogP contribution in [0.3, 0.4) is 0 Å². The zero-order chi connectivity index (χ0) is 30.1. The second-order valence-electron chi connectivity index (χ2n) is 9.67. The third-order valence-electron chi connectivity index (χ3n) is 6.41. The van der Waals surface area contributed by atoms with Crippen molar-refractivity contribution in [3.63, 3.8) is 0 Å². The van der Waals surface area contributed by atoms with E-state index in [-0.39, 0.29) is 6.61 Å². The summed E-state index contributed by atoms with van der Waals surface area (Å²) in [5.74, 6) is 0. The molecule has 1 unspecified atom stereocenters. The molecule has 0 amide bonds. The van der Waals surface area contributed by atoms with E-state index in [0.29, 0.717) is 43.6 Å². The van der Waals surface area contributed by atoms with Crippen LogP contribution in [0.2, 0.25) is 10.0 Å². The van der Waals surface area contributed by atoms with E-state index < -0.39 is 28.0 Å². The maximum absolute atomic E-state index is 13.4. The lowest BCUT2D eigenvalue weighted by Crippen LogP contribution is -2.28. The van der Waals surface area contributed by atoms with Crippen LogP contribution in [-0.2, 0) is 20.5 Å². The van der Waals surface area contributed by atoms with E-state index in [1.54, 1.807) is 25.1 Å². The molecule has 0 saturated carbocycles. The lowest BCUT2D eigenvalue weighted by atomic mass is 9.92. The van der Waals surface area contributed by atoms with Crippen LogP contribution in [0.15, 0.2) is 36.4 Å². The summed E-state index contributed by atoms with van der Waals surface area (Å²) in [6.07, 6.45) is 0.593. The number of rotatable bonds is 12. The summed E-state index contributed by atoms with van der Waals surface area (Å²) in [5, 5.41) is 13.9. The summed E-state index contributed by atoms with van der Waals surface area (Å²) >= 11 is 12.6. The van der Waals surface area contributed by atoms with Crippen LogP contribution in [0, 0.1) is 0 Å². The van der Waals surface area contributed by atoms with Crippen molar-refractivity contribution >= 4 is 54.9 Å². The number of hydrogen-bond acceptors (Lipinski definition) is 5. The van der Waals surface area contributed by atoms with Gasteiger partial charge in [-0.05, 0) is 91.3 Å². The summed E-state index contributed by atoms with van der Waals surface area (Å²) in [5.41, 5.74) is -0.161. The standard InChI is InChI=1S/C26H30Cl2F3NO.C3H8O3S/c1-3-5-10-32(11-6-4-2)12-9-25(33)23-16-22-21(14-18(27)15-24(22)28)20-13-17(26(29,30)31)7-8-19(20)23;1-3-6-7(2,4)5/h7-8,13-16,25,33H,3-6,9-12H2,1-2H3;3H2,1-2H3. The lowest BCUT2D eigenvalue weighted by Gasteiger charge is -2.24. The van der Waals surface area contributed by atoms with Crippen molar-refractivity contribution in [3.8, 4) is 0 Å². The van der Waals surface area contributed by atoms with Crippen LogP contribution in [0.4, 0.5) is 13.2 Å². The molecule has 0 bridgehead atoms. The Hall–Kier alpha value is -1.62. The third-order valence-corrected chi connectivity index (χ3v) is 7.60. The van der Waals surface area contributed by atoms with Gasteiger partial charge in [-0.25, -0.2) is 0 Å². The summed E-state index contributed by atoms with van der Waals surface area (Å²) in [6, 6.07) is 8.60. The van der Waals surface area contributed by atoms with Gasteiger partial charge in [0.2, 0.25) is 0 Å². The van der Waals surface area contributed by atoms with Crippen molar-refractivity contribution in [3.05, 3.63) is 57.6 Å². The van der Waals surface area contributed by atoms with Crippen LogP contribution >= 0.6 is 23.2 Å². The minimum atomic E-state index is -4.48. The normalized spacial score (nSPS) is 13.1.